The lowest BCUT2D eigenvalue weighted by atomic mass is 10.1. The first-order valence-corrected chi connectivity index (χ1v) is 7.68. The van der Waals surface area contributed by atoms with Gasteiger partial charge in [-0.25, -0.2) is 0 Å². The zero-order valence-electron chi connectivity index (χ0n) is 13.0. The lowest BCUT2D eigenvalue weighted by Gasteiger charge is -2.21. The Labute approximate surface area is 126 Å². The summed E-state index contributed by atoms with van der Waals surface area (Å²) < 4.78 is 0. The van der Waals surface area contributed by atoms with E-state index >= 15 is 0 Å². The van der Waals surface area contributed by atoms with E-state index in [-0.39, 0.29) is 5.91 Å². The molecule has 0 radical (unpaired) electrons. The van der Waals surface area contributed by atoms with E-state index in [1.54, 1.807) is 19.2 Å². The van der Waals surface area contributed by atoms with E-state index in [0.717, 1.165) is 18.8 Å². The van der Waals surface area contributed by atoms with E-state index in [4.69, 9.17) is 5.73 Å². The SMILES string of the molecule is CNC(=O)c1ccc(NCC(C)CN2CCCC2)c(N)c1. The number of hydrogen-bond donors (Lipinski definition) is 3. The monoisotopic (exact) mass is 290 g/mol. The van der Waals surface area contributed by atoms with Crippen molar-refractivity contribution in [3.8, 4) is 0 Å². The lowest BCUT2D eigenvalue weighted by Crippen LogP contribution is -2.29. The van der Waals surface area contributed by atoms with E-state index in [9.17, 15) is 4.79 Å². The zero-order chi connectivity index (χ0) is 15.2. The number of carbonyl (C=O) groups excluding carboxylic acids is 1. The van der Waals surface area contributed by atoms with Crippen LogP contribution in [0.1, 0.15) is 30.1 Å². The minimum Gasteiger partial charge on any atom is -0.397 e. The highest BCUT2D eigenvalue weighted by Gasteiger charge is 2.14. The molecule has 1 unspecified atom stereocenters. The van der Waals surface area contributed by atoms with Crippen LogP contribution in [0.15, 0.2) is 18.2 Å². The molecule has 0 bridgehead atoms. The average Bonchev–Trinajstić information content (AvgIpc) is 2.98. The molecule has 0 aliphatic carbocycles. The molecule has 0 spiro atoms. The van der Waals surface area contributed by atoms with Gasteiger partial charge in [0.1, 0.15) is 0 Å². The maximum atomic E-state index is 11.5. The minimum absolute atomic E-state index is 0.115. The van der Waals surface area contributed by atoms with Crippen LogP contribution in [0, 0.1) is 5.92 Å². The number of hydrogen-bond acceptors (Lipinski definition) is 4. The molecule has 21 heavy (non-hydrogen) atoms. The summed E-state index contributed by atoms with van der Waals surface area (Å²) in [5.41, 5.74) is 8.11. The van der Waals surface area contributed by atoms with Crippen LogP contribution in [0.2, 0.25) is 0 Å². The van der Waals surface area contributed by atoms with Crippen LogP contribution in [-0.4, -0.2) is 44.0 Å². The molecule has 4 N–H and O–H groups in total. The van der Waals surface area contributed by atoms with Crippen molar-refractivity contribution in [2.45, 2.75) is 19.8 Å². The number of nitrogens with zero attached hydrogens (tertiary/aromatic N) is 1. The number of likely N-dealkylation sites (tertiary alicyclic amines) is 1. The predicted molar refractivity (Wildman–Crippen MR) is 87.6 cm³/mol. The van der Waals surface area contributed by atoms with Crippen molar-refractivity contribution >= 4 is 17.3 Å². The molecule has 1 saturated heterocycles. The van der Waals surface area contributed by atoms with Crippen molar-refractivity contribution in [2.24, 2.45) is 5.92 Å². The van der Waals surface area contributed by atoms with Gasteiger partial charge in [0, 0.05) is 25.7 Å². The van der Waals surface area contributed by atoms with Crippen molar-refractivity contribution < 1.29 is 4.79 Å². The molecule has 1 aliphatic rings. The third kappa shape index (κ3) is 4.36. The van der Waals surface area contributed by atoms with Gasteiger partial charge in [0.25, 0.3) is 5.91 Å². The molecule has 1 aromatic carbocycles. The van der Waals surface area contributed by atoms with Gasteiger partial charge in [-0.15, -0.1) is 0 Å². The summed E-state index contributed by atoms with van der Waals surface area (Å²) in [4.78, 5) is 14.1. The third-order valence-corrected chi connectivity index (χ3v) is 3.95. The van der Waals surface area contributed by atoms with Crippen molar-refractivity contribution in [1.29, 1.82) is 0 Å². The summed E-state index contributed by atoms with van der Waals surface area (Å²) >= 11 is 0. The molecule has 2 rings (SSSR count). The summed E-state index contributed by atoms with van der Waals surface area (Å²) in [5.74, 6) is 0.455. The van der Waals surface area contributed by atoms with Crippen LogP contribution in [-0.2, 0) is 0 Å². The highest BCUT2D eigenvalue weighted by molar-refractivity contribution is 5.95. The molecule has 1 heterocycles. The number of nitrogens with two attached hydrogens (primary N) is 1. The first-order valence-electron chi connectivity index (χ1n) is 7.68. The van der Waals surface area contributed by atoms with Crippen molar-refractivity contribution in [3.63, 3.8) is 0 Å². The van der Waals surface area contributed by atoms with Crippen molar-refractivity contribution in [1.82, 2.24) is 10.2 Å². The van der Waals surface area contributed by atoms with Crippen LogP contribution >= 0.6 is 0 Å². The molecular formula is C16H26N4O. The lowest BCUT2D eigenvalue weighted by molar-refractivity contribution is 0.0963. The molecule has 0 saturated carbocycles. The Kier molecular flexibility index (Phi) is 5.44. The van der Waals surface area contributed by atoms with Gasteiger partial charge in [0.15, 0.2) is 0 Å². The van der Waals surface area contributed by atoms with E-state index < -0.39 is 0 Å². The van der Waals surface area contributed by atoms with E-state index in [1.165, 1.54) is 25.9 Å². The Morgan fingerprint density at radius 3 is 2.71 bits per heavy atom. The summed E-state index contributed by atoms with van der Waals surface area (Å²) in [6.07, 6.45) is 2.65. The van der Waals surface area contributed by atoms with Crippen LogP contribution in [0.5, 0.6) is 0 Å². The first kappa shape index (κ1) is 15.6. The largest absolute Gasteiger partial charge is 0.397 e. The van der Waals surface area contributed by atoms with E-state index in [2.05, 4.69) is 22.5 Å². The Morgan fingerprint density at radius 2 is 2.10 bits per heavy atom. The fraction of sp³-hybridized carbons (Fsp3) is 0.562. The number of amides is 1. The Balaban J connectivity index is 1.86. The van der Waals surface area contributed by atoms with Gasteiger partial charge >= 0.3 is 0 Å². The summed E-state index contributed by atoms with van der Waals surface area (Å²) in [6.45, 7) is 6.73. The van der Waals surface area contributed by atoms with E-state index in [1.807, 2.05) is 6.07 Å². The Hall–Kier alpha value is -1.75. The third-order valence-electron chi connectivity index (χ3n) is 3.95. The topological polar surface area (TPSA) is 70.4 Å². The van der Waals surface area contributed by atoms with Crippen LogP contribution in [0.3, 0.4) is 0 Å². The maximum Gasteiger partial charge on any atom is 0.251 e. The van der Waals surface area contributed by atoms with E-state index in [0.29, 0.717) is 17.2 Å². The number of rotatable bonds is 6. The molecule has 116 valence electrons. The first-order chi connectivity index (χ1) is 10.1. The molecule has 5 heteroatoms. The molecule has 1 amide bonds. The second-order valence-corrected chi connectivity index (χ2v) is 5.87. The second kappa shape index (κ2) is 7.31. The predicted octanol–water partition coefficient (Wildman–Crippen LogP) is 1.77. The molecule has 1 atom stereocenters. The van der Waals surface area contributed by atoms with Gasteiger partial charge in [-0.1, -0.05) is 6.92 Å². The highest BCUT2D eigenvalue weighted by atomic mass is 16.1. The van der Waals surface area contributed by atoms with Crippen LogP contribution in [0.4, 0.5) is 11.4 Å². The zero-order valence-corrected chi connectivity index (χ0v) is 13.0. The fourth-order valence-corrected chi connectivity index (χ4v) is 2.76. The molecule has 5 nitrogen and oxygen atoms in total. The summed E-state index contributed by atoms with van der Waals surface area (Å²) in [5, 5.41) is 5.99. The summed E-state index contributed by atoms with van der Waals surface area (Å²) in [6, 6.07) is 5.39. The fourth-order valence-electron chi connectivity index (χ4n) is 2.76. The van der Waals surface area contributed by atoms with Gasteiger partial charge in [0.2, 0.25) is 0 Å². The normalized spacial score (nSPS) is 16.7. The molecule has 1 fully saturated rings. The summed E-state index contributed by atoms with van der Waals surface area (Å²) in [7, 11) is 1.62. The van der Waals surface area contributed by atoms with Gasteiger partial charge in [-0.3, -0.25) is 4.79 Å². The highest BCUT2D eigenvalue weighted by Crippen LogP contribution is 2.20. The Bertz CT molecular complexity index is 483. The van der Waals surface area contributed by atoms with Crippen molar-refractivity contribution in [2.75, 3.05) is 44.3 Å². The maximum absolute atomic E-state index is 11.5. The van der Waals surface area contributed by atoms with Gasteiger partial charge < -0.3 is 21.3 Å². The quantitative estimate of drug-likeness (QED) is 0.698. The standard InChI is InChI=1S/C16H26N4O/c1-12(11-20-7-3-4-8-20)10-19-15-6-5-13(9-14(15)17)16(21)18-2/h5-6,9,12,19H,3-4,7-8,10-11,17H2,1-2H3,(H,18,21). The number of nitrogen functional groups attached to an aromatic ring is 1. The molecule has 1 aliphatic heterocycles. The van der Waals surface area contributed by atoms with Gasteiger partial charge in [-0.05, 0) is 50.0 Å². The van der Waals surface area contributed by atoms with Crippen LogP contribution < -0.4 is 16.4 Å². The van der Waals surface area contributed by atoms with Crippen molar-refractivity contribution in [3.05, 3.63) is 23.8 Å². The average molecular weight is 290 g/mol. The number of benzene rings is 1. The van der Waals surface area contributed by atoms with Gasteiger partial charge in [-0.2, -0.15) is 0 Å². The second-order valence-electron chi connectivity index (χ2n) is 5.87. The van der Waals surface area contributed by atoms with Crippen LogP contribution in [0.25, 0.3) is 0 Å². The van der Waals surface area contributed by atoms with Gasteiger partial charge in [0.05, 0.1) is 11.4 Å². The molecule has 0 aromatic heterocycles. The number of anilines is 2. The minimum atomic E-state index is -0.115. The number of nitrogens with one attached hydrogen (secondary N) is 2. The molecular weight excluding hydrogens is 264 g/mol. The number of carbonyl (C=O) groups is 1. The Morgan fingerprint density at radius 1 is 1.38 bits per heavy atom. The smallest absolute Gasteiger partial charge is 0.251 e. The molecule has 1 aromatic rings.